The van der Waals surface area contributed by atoms with Gasteiger partial charge < -0.3 is 21.1 Å². The average Bonchev–Trinajstić information content (AvgIpc) is 2.77. The molecule has 1 aliphatic heterocycles. The summed E-state index contributed by atoms with van der Waals surface area (Å²) in [6.07, 6.45) is 1.48. The molecule has 0 spiro atoms. The minimum atomic E-state index is -1.08. The van der Waals surface area contributed by atoms with Gasteiger partial charge in [-0.25, -0.2) is 24.0 Å². The Balaban J connectivity index is 1.45. The number of rotatable bonds is 8. The van der Waals surface area contributed by atoms with Crippen LogP contribution in [-0.2, 0) is 13.1 Å². The van der Waals surface area contributed by atoms with Gasteiger partial charge in [0.1, 0.15) is 17.0 Å². The number of nitrogens with one attached hydrogen (secondary N) is 3. The minimum absolute atomic E-state index is 0.00620. The number of carbonyl (C=O) groups is 1. The van der Waals surface area contributed by atoms with Crippen molar-refractivity contribution >= 4 is 40.4 Å². The maximum Gasteiger partial charge on any atom is 0.354 e. The lowest BCUT2D eigenvalue weighted by Gasteiger charge is -2.18. The number of hydrogen-bond donors (Lipinski definition) is 4. The van der Waals surface area contributed by atoms with E-state index in [0.717, 1.165) is 5.69 Å². The fourth-order valence-electron chi connectivity index (χ4n) is 3.61. The Morgan fingerprint density at radius 3 is 2.81 bits per heavy atom. The summed E-state index contributed by atoms with van der Waals surface area (Å²) in [5.74, 6) is -1.22. The van der Waals surface area contributed by atoms with Gasteiger partial charge in [0.05, 0.1) is 28.8 Å². The quantitative estimate of drug-likeness (QED) is 0.393. The number of hydrogen-bond acceptors (Lipinski definition) is 8. The molecule has 2 aromatic heterocycles. The molecule has 0 amide bonds. The van der Waals surface area contributed by atoms with E-state index in [4.69, 9.17) is 5.11 Å². The zero-order valence-electron chi connectivity index (χ0n) is 17.6. The highest BCUT2D eigenvalue weighted by Crippen LogP contribution is 2.35. The van der Waals surface area contributed by atoms with Gasteiger partial charge in [-0.05, 0) is 32.0 Å². The number of carboxylic acids is 1. The summed E-state index contributed by atoms with van der Waals surface area (Å²) in [5.41, 5.74) is 1.80. The van der Waals surface area contributed by atoms with Crippen LogP contribution in [0.5, 0.6) is 0 Å². The van der Waals surface area contributed by atoms with Gasteiger partial charge in [-0.3, -0.25) is 4.57 Å². The number of carboxylic acid groups (broad SMARTS) is 1. The molecule has 1 aliphatic rings. The van der Waals surface area contributed by atoms with Gasteiger partial charge in [-0.2, -0.15) is 4.98 Å². The molecule has 3 aromatic rings. The van der Waals surface area contributed by atoms with Crippen LogP contribution in [0.1, 0.15) is 28.7 Å². The van der Waals surface area contributed by atoms with Gasteiger partial charge in [-0.15, -0.1) is 0 Å². The molecule has 11 heteroatoms. The van der Waals surface area contributed by atoms with Crippen LogP contribution in [0.2, 0.25) is 0 Å². The first-order valence-electron chi connectivity index (χ1n) is 10.1. The van der Waals surface area contributed by atoms with Crippen molar-refractivity contribution < 1.29 is 14.3 Å². The van der Waals surface area contributed by atoms with Crippen LogP contribution in [0.4, 0.5) is 21.6 Å². The fraction of sp³-hybridized carbons (Fsp3) is 0.286. The average molecular weight is 439 g/mol. The number of aromatic carboxylic acids is 1. The molecule has 0 saturated heterocycles. The first-order chi connectivity index (χ1) is 15.4. The molecule has 0 bridgehead atoms. The summed E-state index contributed by atoms with van der Waals surface area (Å²) in [7, 11) is 0. The molecule has 4 rings (SSSR count). The lowest BCUT2D eigenvalue weighted by atomic mass is 10.1. The lowest BCUT2D eigenvalue weighted by molar-refractivity contribution is 0.0690. The molecule has 32 heavy (non-hydrogen) atoms. The van der Waals surface area contributed by atoms with Crippen LogP contribution in [0, 0.1) is 12.7 Å². The molecule has 4 N–H and O–H groups in total. The Labute approximate surface area is 182 Å². The van der Waals surface area contributed by atoms with Crippen LogP contribution < -0.4 is 21.6 Å². The lowest BCUT2D eigenvalue weighted by Crippen LogP contribution is -2.25. The SMILES string of the molecule is CCn1c2c3c(cc(CNCCNc4ccc(C(=O)O)nc4C)c(F)c3nc1=O)NC=N2. The summed E-state index contributed by atoms with van der Waals surface area (Å²) < 4.78 is 16.5. The van der Waals surface area contributed by atoms with Crippen molar-refractivity contribution in [1.29, 1.82) is 0 Å². The number of halogens is 1. The van der Waals surface area contributed by atoms with Crippen molar-refractivity contribution in [1.82, 2.24) is 19.9 Å². The summed E-state index contributed by atoms with van der Waals surface area (Å²) in [6, 6.07) is 4.79. The van der Waals surface area contributed by atoms with Crippen molar-refractivity contribution in [3.63, 3.8) is 0 Å². The Morgan fingerprint density at radius 1 is 1.28 bits per heavy atom. The van der Waals surface area contributed by atoms with E-state index in [2.05, 4.69) is 30.9 Å². The minimum Gasteiger partial charge on any atom is -0.477 e. The van der Waals surface area contributed by atoms with Gasteiger partial charge in [-0.1, -0.05) is 0 Å². The zero-order valence-corrected chi connectivity index (χ0v) is 17.6. The maximum atomic E-state index is 15.1. The third kappa shape index (κ3) is 3.89. The van der Waals surface area contributed by atoms with Crippen molar-refractivity contribution in [2.75, 3.05) is 23.7 Å². The predicted octanol–water partition coefficient (Wildman–Crippen LogP) is 2.24. The Morgan fingerprint density at radius 2 is 2.09 bits per heavy atom. The van der Waals surface area contributed by atoms with Gasteiger partial charge in [0, 0.05) is 31.7 Å². The zero-order chi connectivity index (χ0) is 22.8. The van der Waals surface area contributed by atoms with Gasteiger partial charge in [0.25, 0.3) is 0 Å². The highest BCUT2D eigenvalue weighted by molar-refractivity contribution is 6.06. The first-order valence-corrected chi connectivity index (χ1v) is 10.1. The number of benzene rings is 1. The third-order valence-corrected chi connectivity index (χ3v) is 5.19. The number of nitrogens with zero attached hydrogens (tertiary/aromatic N) is 4. The number of pyridine rings is 1. The predicted molar refractivity (Wildman–Crippen MR) is 120 cm³/mol. The van der Waals surface area contributed by atoms with E-state index in [0.29, 0.717) is 47.8 Å². The molecule has 166 valence electrons. The second kappa shape index (κ2) is 8.71. The third-order valence-electron chi connectivity index (χ3n) is 5.19. The monoisotopic (exact) mass is 439 g/mol. The highest BCUT2D eigenvalue weighted by Gasteiger charge is 2.21. The normalized spacial score (nSPS) is 12.1. The van der Waals surface area contributed by atoms with E-state index in [1.807, 2.05) is 6.92 Å². The Hall–Kier alpha value is -3.86. The Bertz CT molecular complexity index is 1300. The standard InChI is InChI=1S/C21H22FN7O3/c1-3-29-19-16-15(25-10-26-19)8-12(17(22)18(16)28-21(29)32)9-23-6-7-24-13-4-5-14(20(30)31)27-11(13)2/h4-5,8,10,23-24H,3,6-7,9H2,1-2H3,(H,25,26)(H,30,31). The highest BCUT2D eigenvalue weighted by atomic mass is 19.1. The summed E-state index contributed by atoms with van der Waals surface area (Å²) in [4.78, 5) is 35.4. The van der Waals surface area contributed by atoms with Crippen LogP contribution in [0.3, 0.4) is 0 Å². The molecule has 3 heterocycles. The summed E-state index contributed by atoms with van der Waals surface area (Å²) >= 11 is 0. The Kier molecular flexibility index (Phi) is 5.82. The number of aliphatic imine (C=N–C) groups is 1. The molecule has 0 unspecified atom stereocenters. The van der Waals surface area contributed by atoms with Crippen LogP contribution in [0.25, 0.3) is 10.9 Å². The molecular weight excluding hydrogens is 417 g/mol. The molecule has 0 radical (unpaired) electrons. The van der Waals surface area contributed by atoms with E-state index in [1.165, 1.54) is 17.0 Å². The molecule has 0 aliphatic carbocycles. The second-order valence-electron chi connectivity index (χ2n) is 7.22. The van der Waals surface area contributed by atoms with E-state index in [1.54, 1.807) is 19.1 Å². The van der Waals surface area contributed by atoms with Gasteiger partial charge >= 0.3 is 11.7 Å². The van der Waals surface area contributed by atoms with Crippen LogP contribution in [-0.4, -0.2) is 45.0 Å². The molecule has 1 aromatic carbocycles. The number of anilines is 2. The van der Waals surface area contributed by atoms with Crippen LogP contribution in [0.15, 0.2) is 28.0 Å². The van der Waals surface area contributed by atoms with Crippen molar-refractivity contribution in [2.45, 2.75) is 26.9 Å². The fourth-order valence-corrected chi connectivity index (χ4v) is 3.61. The second-order valence-corrected chi connectivity index (χ2v) is 7.22. The van der Waals surface area contributed by atoms with E-state index < -0.39 is 17.5 Å². The first kappa shape index (κ1) is 21.4. The summed E-state index contributed by atoms with van der Waals surface area (Å²) in [5, 5.41) is 18.8. The van der Waals surface area contributed by atoms with E-state index in [9.17, 15) is 9.59 Å². The van der Waals surface area contributed by atoms with E-state index in [-0.39, 0.29) is 17.8 Å². The van der Waals surface area contributed by atoms with E-state index >= 15 is 4.39 Å². The topological polar surface area (TPSA) is 134 Å². The van der Waals surface area contributed by atoms with Crippen molar-refractivity contribution in [3.05, 3.63) is 51.5 Å². The van der Waals surface area contributed by atoms with Crippen molar-refractivity contribution in [2.24, 2.45) is 4.99 Å². The molecule has 10 nitrogen and oxygen atoms in total. The van der Waals surface area contributed by atoms with Crippen LogP contribution >= 0.6 is 0 Å². The molecular formula is C21H22FN7O3. The number of aryl methyl sites for hydroxylation is 1. The molecule has 0 atom stereocenters. The summed E-state index contributed by atoms with van der Waals surface area (Å²) in [6.45, 7) is 5.19. The van der Waals surface area contributed by atoms with Crippen molar-refractivity contribution in [3.8, 4) is 0 Å². The molecule has 0 fully saturated rings. The number of aromatic nitrogens is 3. The smallest absolute Gasteiger partial charge is 0.354 e. The van der Waals surface area contributed by atoms with Gasteiger partial charge in [0.2, 0.25) is 0 Å². The maximum absolute atomic E-state index is 15.1. The van der Waals surface area contributed by atoms with Gasteiger partial charge in [0.15, 0.2) is 5.82 Å². The largest absolute Gasteiger partial charge is 0.477 e. The molecule has 0 saturated carbocycles.